The van der Waals surface area contributed by atoms with E-state index in [1.54, 1.807) is 18.2 Å². The molecule has 4 aromatic rings. The number of nitrogens with zero attached hydrogens (tertiary/aromatic N) is 1. The molecule has 1 fully saturated rings. The summed E-state index contributed by atoms with van der Waals surface area (Å²) in [6.07, 6.45) is -2.30. The minimum atomic E-state index is -4.88. The lowest BCUT2D eigenvalue weighted by atomic mass is 10.0. The van der Waals surface area contributed by atoms with E-state index in [2.05, 4.69) is 14.7 Å². The number of hydrogen-bond acceptors (Lipinski definition) is 3. The van der Waals surface area contributed by atoms with E-state index in [9.17, 15) is 17.4 Å². The molecule has 5 rings (SSSR count). The molecule has 1 unspecified atom stereocenters. The Bertz CT molecular complexity index is 1490. The van der Waals surface area contributed by atoms with E-state index in [-0.39, 0.29) is 21.2 Å². The van der Waals surface area contributed by atoms with Gasteiger partial charge < -0.3 is 9.72 Å². The van der Waals surface area contributed by atoms with Gasteiger partial charge in [-0.15, -0.1) is 13.2 Å². The van der Waals surface area contributed by atoms with Crippen molar-refractivity contribution < 1.29 is 22.1 Å². The van der Waals surface area contributed by atoms with Gasteiger partial charge in [0.25, 0.3) is 0 Å². The van der Waals surface area contributed by atoms with Gasteiger partial charge in [0.1, 0.15) is 17.1 Å². The number of rotatable bonds is 7. The highest BCUT2D eigenvalue weighted by atomic mass is 35.5. The average molecular weight is 574 g/mol. The topological polar surface area (TPSA) is 55.0 Å². The molecule has 0 aliphatic heterocycles. The Kier molecular flexibility index (Phi) is 6.98. The summed E-state index contributed by atoms with van der Waals surface area (Å²) in [7, 11) is -1.08. The standard InChI is InChI=1S/C25H18Cl3F3N2O2S/c26-17-10-15(36(34)12-13-5-6-13)8-7-14(17)9-21-32-19-11-18(27)22(23(28)24(19)33-21)16-3-1-2-4-20(16)35-25(29,30)31/h1-4,7-8,10-11,13H,5-6,9,12H2,(H,32,33). The van der Waals surface area contributed by atoms with Crippen LogP contribution in [-0.4, -0.2) is 26.3 Å². The molecule has 1 heterocycles. The van der Waals surface area contributed by atoms with Crippen molar-refractivity contribution in [2.24, 2.45) is 5.92 Å². The quantitative estimate of drug-likeness (QED) is 0.242. The number of benzene rings is 3. The highest BCUT2D eigenvalue weighted by molar-refractivity contribution is 7.85. The van der Waals surface area contributed by atoms with Gasteiger partial charge in [-0.3, -0.25) is 4.21 Å². The smallest absolute Gasteiger partial charge is 0.405 e. The minimum absolute atomic E-state index is 0.0918. The maximum atomic E-state index is 12.9. The zero-order valence-electron chi connectivity index (χ0n) is 18.5. The normalized spacial score (nSPS) is 14.8. The monoisotopic (exact) mass is 572 g/mol. The van der Waals surface area contributed by atoms with Crippen LogP contribution < -0.4 is 4.74 Å². The van der Waals surface area contributed by atoms with Crippen LogP contribution in [0.5, 0.6) is 5.75 Å². The molecule has 36 heavy (non-hydrogen) atoms. The third kappa shape index (κ3) is 5.52. The molecule has 1 atom stereocenters. The number of fused-ring (bicyclic) bond motifs is 1. The molecule has 1 aliphatic rings. The van der Waals surface area contributed by atoms with E-state index in [1.807, 2.05) is 12.1 Å². The Morgan fingerprint density at radius 3 is 2.50 bits per heavy atom. The lowest BCUT2D eigenvalue weighted by Crippen LogP contribution is -2.17. The number of imidazole rings is 1. The lowest BCUT2D eigenvalue weighted by Gasteiger charge is -2.15. The summed E-state index contributed by atoms with van der Waals surface area (Å²) in [5, 5.41) is 0.705. The molecular weight excluding hydrogens is 556 g/mol. The first kappa shape index (κ1) is 25.4. The molecule has 0 radical (unpaired) electrons. The fourth-order valence-electron chi connectivity index (χ4n) is 3.94. The minimum Gasteiger partial charge on any atom is -0.405 e. The Morgan fingerprint density at radius 2 is 1.81 bits per heavy atom. The molecule has 0 bridgehead atoms. The van der Waals surface area contributed by atoms with Gasteiger partial charge >= 0.3 is 6.36 Å². The van der Waals surface area contributed by atoms with E-state index in [1.165, 1.54) is 18.2 Å². The number of alkyl halides is 3. The van der Waals surface area contributed by atoms with Crippen LogP contribution in [0.25, 0.3) is 22.2 Å². The lowest BCUT2D eigenvalue weighted by molar-refractivity contribution is -0.274. The first-order valence-electron chi connectivity index (χ1n) is 11.0. The fourth-order valence-corrected chi connectivity index (χ4v) is 6.37. The summed E-state index contributed by atoms with van der Waals surface area (Å²) in [4.78, 5) is 8.40. The van der Waals surface area contributed by atoms with Crippen molar-refractivity contribution in [3.63, 3.8) is 0 Å². The number of para-hydroxylation sites is 1. The Hall–Kier alpha value is -2.26. The number of nitrogens with one attached hydrogen (secondary N) is 1. The third-order valence-electron chi connectivity index (χ3n) is 5.83. The predicted molar refractivity (Wildman–Crippen MR) is 136 cm³/mol. The van der Waals surface area contributed by atoms with Gasteiger partial charge in [0.2, 0.25) is 0 Å². The zero-order valence-corrected chi connectivity index (χ0v) is 21.5. The van der Waals surface area contributed by atoms with Gasteiger partial charge in [0.05, 0.1) is 26.4 Å². The van der Waals surface area contributed by atoms with Crippen LogP contribution >= 0.6 is 34.8 Å². The fraction of sp³-hybridized carbons (Fsp3) is 0.240. The molecule has 188 valence electrons. The van der Waals surface area contributed by atoms with E-state index < -0.39 is 22.9 Å². The highest BCUT2D eigenvalue weighted by Gasteiger charge is 2.33. The molecule has 0 amide bonds. The maximum Gasteiger partial charge on any atom is 0.573 e. The number of ether oxygens (including phenoxy) is 1. The first-order chi connectivity index (χ1) is 17.1. The molecule has 1 N–H and O–H groups in total. The second kappa shape index (κ2) is 9.89. The third-order valence-corrected chi connectivity index (χ3v) is 8.40. The van der Waals surface area contributed by atoms with Gasteiger partial charge in [0, 0.05) is 33.2 Å². The van der Waals surface area contributed by atoms with Gasteiger partial charge in [-0.1, -0.05) is 59.1 Å². The van der Waals surface area contributed by atoms with Gasteiger partial charge in [0.15, 0.2) is 0 Å². The van der Waals surface area contributed by atoms with Crippen LogP contribution in [0.3, 0.4) is 0 Å². The number of aromatic nitrogens is 2. The number of hydrogen-bond donors (Lipinski definition) is 1. The molecule has 4 nitrogen and oxygen atoms in total. The Labute approximate surface area is 222 Å². The maximum absolute atomic E-state index is 12.9. The number of aromatic amines is 1. The molecule has 1 aromatic heterocycles. The molecule has 1 saturated carbocycles. The SMILES string of the molecule is O=S(CC1CC1)c1ccc(Cc2nc3c(Cl)c(-c4ccccc4OC(F)(F)F)c(Cl)cc3[nH]2)c(Cl)c1. The summed E-state index contributed by atoms with van der Waals surface area (Å²) in [5.74, 6) is 1.30. The van der Waals surface area contributed by atoms with Crippen LogP contribution in [-0.2, 0) is 17.2 Å². The van der Waals surface area contributed by atoms with Crippen LogP contribution in [0, 0.1) is 5.92 Å². The van der Waals surface area contributed by atoms with E-state index in [4.69, 9.17) is 34.8 Å². The molecule has 11 heteroatoms. The van der Waals surface area contributed by atoms with Crippen molar-refractivity contribution in [1.29, 1.82) is 0 Å². The van der Waals surface area contributed by atoms with Crippen molar-refractivity contribution in [1.82, 2.24) is 9.97 Å². The van der Waals surface area contributed by atoms with Crippen molar-refractivity contribution in [2.75, 3.05) is 5.75 Å². The highest BCUT2D eigenvalue weighted by Crippen LogP contribution is 2.44. The number of H-pyrrole nitrogens is 1. The van der Waals surface area contributed by atoms with Crippen LogP contribution in [0.2, 0.25) is 15.1 Å². The van der Waals surface area contributed by atoms with Gasteiger partial charge in [-0.2, -0.15) is 0 Å². The van der Waals surface area contributed by atoms with Crippen LogP contribution in [0.15, 0.2) is 53.4 Å². The zero-order chi connectivity index (χ0) is 25.6. The molecule has 3 aromatic carbocycles. The van der Waals surface area contributed by atoms with E-state index >= 15 is 0 Å². The number of halogens is 6. The summed E-state index contributed by atoms with van der Waals surface area (Å²) in [5.41, 5.74) is 1.93. The second-order valence-electron chi connectivity index (χ2n) is 8.56. The Morgan fingerprint density at radius 1 is 1.06 bits per heavy atom. The molecule has 0 spiro atoms. The summed E-state index contributed by atoms with van der Waals surface area (Å²) in [6, 6.07) is 12.5. The Balaban J connectivity index is 1.46. The molecular formula is C25H18Cl3F3N2O2S. The first-order valence-corrected chi connectivity index (χ1v) is 13.4. The van der Waals surface area contributed by atoms with Gasteiger partial charge in [-0.25, -0.2) is 4.98 Å². The largest absolute Gasteiger partial charge is 0.573 e. The van der Waals surface area contributed by atoms with Crippen molar-refractivity contribution in [2.45, 2.75) is 30.5 Å². The van der Waals surface area contributed by atoms with Gasteiger partial charge in [-0.05, 0) is 48.6 Å². The van der Waals surface area contributed by atoms with Crippen LogP contribution in [0.1, 0.15) is 24.2 Å². The van der Waals surface area contributed by atoms with Crippen molar-refractivity contribution >= 4 is 56.6 Å². The molecule has 0 saturated heterocycles. The van der Waals surface area contributed by atoms with E-state index in [0.29, 0.717) is 44.9 Å². The molecule has 1 aliphatic carbocycles. The summed E-state index contributed by atoms with van der Waals surface area (Å²) < 4.78 is 55.4. The van der Waals surface area contributed by atoms with Crippen LogP contribution in [0.4, 0.5) is 13.2 Å². The summed E-state index contributed by atoms with van der Waals surface area (Å²) >= 11 is 19.5. The summed E-state index contributed by atoms with van der Waals surface area (Å²) in [6.45, 7) is 0. The second-order valence-corrected chi connectivity index (χ2v) is 11.2. The predicted octanol–water partition coefficient (Wildman–Crippen LogP) is 8.20. The van der Waals surface area contributed by atoms with Crippen molar-refractivity contribution in [3.8, 4) is 16.9 Å². The van der Waals surface area contributed by atoms with Crippen molar-refractivity contribution in [3.05, 3.63) is 75.0 Å². The average Bonchev–Trinajstić information content (AvgIpc) is 3.52. The van der Waals surface area contributed by atoms with E-state index in [0.717, 1.165) is 18.4 Å².